The van der Waals surface area contributed by atoms with Crippen LogP contribution in [0.5, 0.6) is 0 Å². The molecule has 0 saturated carbocycles. The number of hydrogen-bond acceptors (Lipinski definition) is 3. The molecule has 1 aromatic carbocycles. The molecule has 0 unspecified atom stereocenters. The van der Waals surface area contributed by atoms with E-state index in [1.54, 1.807) is 0 Å². The van der Waals surface area contributed by atoms with Crippen molar-refractivity contribution in [1.29, 1.82) is 0 Å². The van der Waals surface area contributed by atoms with Gasteiger partial charge in [-0.3, -0.25) is 14.5 Å². The summed E-state index contributed by atoms with van der Waals surface area (Å²) in [5.74, 6) is 0.0363. The minimum absolute atomic E-state index is 0.0664. The van der Waals surface area contributed by atoms with Gasteiger partial charge in [-0.1, -0.05) is 30.7 Å². The molecule has 2 N–H and O–H groups in total. The molecule has 5 heteroatoms. The van der Waals surface area contributed by atoms with Crippen LogP contribution in [0.15, 0.2) is 24.3 Å². The molecule has 5 nitrogen and oxygen atoms in total. The number of rotatable bonds is 5. The van der Waals surface area contributed by atoms with E-state index in [9.17, 15) is 9.59 Å². The first kappa shape index (κ1) is 17.0. The van der Waals surface area contributed by atoms with Crippen molar-refractivity contribution >= 4 is 11.8 Å². The van der Waals surface area contributed by atoms with Crippen molar-refractivity contribution in [3.8, 4) is 0 Å². The molecule has 0 bridgehead atoms. The molecule has 0 aromatic heterocycles. The molecule has 1 heterocycles. The van der Waals surface area contributed by atoms with Crippen molar-refractivity contribution < 1.29 is 9.59 Å². The lowest BCUT2D eigenvalue weighted by molar-refractivity contribution is -0.134. The predicted octanol–water partition coefficient (Wildman–Crippen LogP) is 1.26. The van der Waals surface area contributed by atoms with E-state index in [1.807, 2.05) is 0 Å². The summed E-state index contributed by atoms with van der Waals surface area (Å²) in [7, 11) is 0. The van der Waals surface area contributed by atoms with Gasteiger partial charge in [0.05, 0.1) is 0 Å². The standard InChI is InChI=1S/C19H27N3O2/c1-15(23)20-9-10-21-18(24)19(22-11-5-2-6-12-22)13-16-7-3-4-8-17(16)14-19/h3-4,7-8H,2,5-6,9-14H2,1H3,(H,20,23)(H,21,24). The molecule has 2 amide bonds. The zero-order chi connectivity index (χ0) is 17.0. The van der Waals surface area contributed by atoms with Gasteiger partial charge in [0.15, 0.2) is 0 Å². The van der Waals surface area contributed by atoms with E-state index in [2.05, 4.69) is 39.8 Å². The van der Waals surface area contributed by atoms with Crippen LogP contribution in [0.4, 0.5) is 0 Å². The fourth-order valence-electron chi connectivity index (χ4n) is 4.02. The number of hydrogen-bond donors (Lipinski definition) is 2. The third kappa shape index (κ3) is 3.46. The highest BCUT2D eigenvalue weighted by atomic mass is 16.2. The number of nitrogens with one attached hydrogen (secondary N) is 2. The van der Waals surface area contributed by atoms with Gasteiger partial charge in [0, 0.05) is 32.9 Å². The number of carbonyl (C=O) groups excluding carboxylic acids is 2. The van der Waals surface area contributed by atoms with Crippen LogP contribution in [-0.2, 0) is 22.4 Å². The molecule has 1 fully saturated rings. The topological polar surface area (TPSA) is 61.4 Å². The maximum Gasteiger partial charge on any atom is 0.241 e. The van der Waals surface area contributed by atoms with Crippen LogP contribution in [0.2, 0.25) is 0 Å². The van der Waals surface area contributed by atoms with Crippen molar-refractivity contribution in [3.63, 3.8) is 0 Å². The molecule has 130 valence electrons. The Morgan fingerprint density at radius 3 is 2.17 bits per heavy atom. The van der Waals surface area contributed by atoms with E-state index in [1.165, 1.54) is 24.5 Å². The van der Waals surface area contributed by atoms with Crippen molar-refractivity contribution in [1.82, 2.24) is 15.5 Å². The zero-order valence-electron chi connectivity index (χ0n) is 14.4. The van der Waals surface area contributed by atoms with E-state index in [0.717, 1.165) is 38.8 Å². The number of likely N-dealkylation sites (tertiary alicyclic amines) is 1. The number of piperidine rings is 1. The van der Waals surface area contributed by atoms with Crippen LogP contribution in [-0.4, -0.2) is 48.4 Å². The van der Waals surface area contributed by atoms with Gasteiger partial charge in [-0.15, -0.1) is 0 Å². The van der Waals surface area contributed by atoms with Crippen molar-refractivity contribution in [2.45, 2.75) is 44.6 Å². The van der Waals surface area contributed by atoms with Crippen LogP contribution >= 0.6 is 0 Å². The fraction of sp³-hybridized carbons (Fsp3) is 0.579. The van der Waals surface area contributed by atoms with Gasteiger partial charge in [-0.2, -0.15) is 0 Å². The molecule has 0 radical (unpaired) electrons. The lowest BCUT2D eigenvalue weighted by Crippen LogP contribution is -2.61. The fourth-order valence-corrected chi connectivity index (χ4v) is 4.02. The average molecular weight is 329 g/mol. The Bertz CT molecular complexity index is 583. The second kappa shape index (κ2) is 7.34. The SMILES string of the molecule is CC(=O)NCCNC(=O)C1(N2CCCCC2)Cc2ccccc2C1. The molecule has 24 heavy (non-hydrogen) atoms. The Morgan fingerprint density at radius 1 is 1.00 bits per heavy atom. The Morgan fingerprint density at radius 2 is 1.58 bits per heavy atom. The second-order valence-electron chi connectivity index (χ2n) is 6.94. The molecule has 0 spiro atoms. The maximum absolute atomic E-state index is 13.1. The number of fused-ring (bicyclic) bond motifs is 1. The van der Waals surface area contributed by atoms with Gasteiger partial charge in [0.25, 0.3) is 0 Å². The molecule has 1 aliphatic carbocycles. The van der Waals surface area contributed by atoms with Crippen molar-refractivity contribution in [2.75, 3.05) is 26.2 Å². The summed E-state index contributed by atoms with van der Waals surface area (Å²) < 4.78 is 0. The van der Waals surface area contributed by atoms with Crippen molar-refractivity contribution in [3.05, 3.63) is 35.4 Å². The van der Waals surface area contributed by atoms with E-state index in [-0.39, 0.29) is 11.8 Å². The van der Waals surface area contributed by atoms with Gasteiger partial charge in [-0.05, 0) is 37.1 Å². The monoisotopic (exact) mass is 329 g/mol. The molecular formula is C19H27N3O2. The quantitative estimate of drug-likeness (QED) is 0.800. The summed E-state index contributed by atoms with van der Waals surface area (Å²) in [6.45, 7) is 4.43. The van der Waals surface area contributed by atoms with Crippen LogP contribution in [0, 0.1) is 0 Å². The van der Waals surface area contributed by atoms with Gasteiger partial charge >= 0.3 is 0 Å². The number of carbonyl (C=O) groups is 2. The number of amides is 2. The molecule has 2 aliphatic rings. The molecule has 3 rings (SSSR count). The molecule has 1 aromatic rings. The van der Waals surface area contributed by atoms with E-state index >= 15 is 0 Å². The first-order chi connectivity index (χ1) is 11.6. The second-order valence-corrected chi connectivity index (χ2v) is 6.94. The summed E-state index contributed by atoms with van der Waals surface area (Å²) in [6.07, 6.45) is 5.16. The minimum Gasteiger partial charge on any atom is -0.355 e. The smallest absolute Gasteiger partial charge is 0.241 e. The Labute approximate surface area is 143 Å². The summed E-state index contributed by atoms with van der Waals surface area (Å²) in [4.78, 5) is 26.5. The average Bonchev–Trinajstić information content (AvgIpc) is 3.00. The normalized spacial score (nSPS) is 19.5. The third-order valence-electron chi connectivity index (χ3n) is 5.25. The highest BCUT2D eigenvalue weighted by molar-refractivity contribution is 5.88. The number of benzene rings is 1. The molecule has 1 aliphatic heterocycles. The Hall–Kier alpha value is -1.88. The summed E-state index contributed by atoms with van der Waals surface area (Å²) in [6, 6.07) is 8.40. The van der Waals surface area contributed by atoms with Gasteiger partial charge in [0.2, 0.25) is 11.8 Å². The highest BCUT2D eigenvalue weighted by Crippen LogP contribution is 2.36. The first-order valence-electron chi connectivity index (χ1n) is 8.96. The van der Waals surface area contributed by atoms with E-state index in [0.29, 0.717) is 13.1 Å². The molecular weight excluding hydrogens is 302 g/mol. The first-order valence-corrected chi connectivity index (χ1v) is 8.96. The van der Waals surface area contributed by atoms with Gasteiger partial charge in [-0.25, -0.2) is 0 Å². The predicted molar refractivity (Wildman–Crippen MR) is 93.7 cm³/mol. The van der Waals surface area contributed by atoms with Gasteiger partial charge < -0.3 is 10.6 Å². The summed E-state index contributed by atoms with van der Waals surface area (Å²) >= 11 is 0. The summed E-state index contributed by atoms with van der Waals surface area (Å²) in [5, 5.41) is 5.79. The Kier molecular flexibility index (Phi) is 5.19. The lowest BCUT2D eigenvalue weighted by atomic mass is 9.89. The van der Waals surface area contributed by atoms with Crippen LogP contribution in [0.25, 0.3) is 0 Å². The third-order valence-corrected chi connectivity index (χ3v) is 5.25. The van der Waals surface area contributed by atoms with Gasteiger partial charge in [0.1, 0.15) is 5.54 Å². The Balaban J connectivity index is 1.73. The molecule has 1 saturated heterocycles. The lowest BCUT2D eigenvalue weighted by Gasteiger charge is -2.42. The van der Waals surface area contributed by atoms with Crippen LogP contribution < -0.4 is 10.6 Å². The largest absolute Gasteiger partial charge is 0.355 e. The van der Waals surface area contributed by atoms with E-state index in [4.69, 9.17) is 0 Å². The summed E-state index contributed by atoms with van der Waals surface area (Å²) in [5.41, 5.74) is 2.13. The minimum atomic E-state index is -0.458. The van der Waals surface area contributed by atoms with Crippen LogP contribution in [0.1, 0.15) is 37.3 Å². The van der Waals surface area contributed by atoms with Crippen LogP contribution in [0.3, 0.4) is 0 Å². The van der Waals surface area contributed by atoms with E-state index < -0.39 is 5.54 Å². The maximum atomic E-state index is 13.1. The van der Waals surface area contributed by atoms with Crippen molar-refractivity contribution in [2.24, 2.45) is 0 Å². The molecule has 0 atom stereocenters. The zero-order valence-corrected chi connectivity index (χ0v) is 14.4. The number of nitrogens with zero attached hydrogens (tertiary/aromatic N) is 1. The highest BCUT2D eigenvalue weighted by Gasteiger charge is 2.48.